The minimum absolute atomic E-state index is 0.934. The van der Waals surface area contributed by atoms with Crippen LogP contribution in [0.25, 0.3) is 6.08 Å². The topological polar surface area (TPSA) is 16.1 Å². The quantitative estimate of drug-likeness (QED) is 0.776. The second-order valence-corrected chi connectivity index (χ2v) is 6.19. The van der Waals surface area contributed by atoms with Gasteiger partial charge in [-0.25, -0.2) is 4.98 Å². The number of hydrogen-bond acceptors (Lipinski definition) is 3. The van der Waals surface area contributed by atoms with Crippen molar-refractivity contribution < 1.29 is 0 Å². The van der Waals surface area contributed by atoms with Crippen molar-refractivity contribution in [2.24, 2.45) is 0 Å². The number of rotatable bonds is 3. The lowest BCUT2D eigenvalue weighted by Gasteiger charge is -2.25. The zero-order valence-electron chi connectivity index (χ0n) is 10.5. The molecule has 0 aliphatic carbocycles. The smallest absolute Gasteiger partial charge is 0.186 e. The van der Waals surface area contributed by atoms with E-state index in [4.69, 9.17) is 4.98 Å². The monoisotopic (exact) mass is 314 g/mol. The van der Waals surface area contributed by atoms with Crippen molar-refractivity contribution in [3.8, 4) is 0 Å². The minimum atomic E-state index is 0.934. The third kappa shape index (κ3) is 3.32. The van der Waals surface area contributed by atoms with E-state index < -0.39 is 0 Å². The number of thiazole rings is 1. The summed E-state index contributed by atoms with van der Waals surface area (Å²) in [5.74, 6) is 0. The van der Waals surface area contributed by atoms with Crippen molar-refractivity contribution in [2.75, 3.05) is 23.3 Å². The van der Waals surface area contributed by atoms with Gasteiger partial charge in [0, 0.05) is 18.4 Å². The van der Waals surface area contributed by atoms with Crippen molar-refractivity contribution in [2.45, 2.75) is 33.1 Å². The van der Waals surface area contributed by atoms with Crippen molar-refractivity contribution in [3.05, 3.63) is 16.1 Å². The molecule has 0 bridgehead atoms. The van der Waals surface area contributed by atoms with Gasteiger partial charge in [0.25, 0.3) is 0 Å². The predicted octanol–water partition coefficient (Wildman–Crippen LogP) is 4.24. The average Bonchev–Trinajstić information content (AvgIpc) is 2.72. The molecule has 1 fully saturated rings. The summed E-state index contributed by atoms with van der Waals surface area (Å²) in [5.41, 5.74) is 2.51. The summed E-state index contributed by atoms with van der Waals surface area (Å²) in [5, 5.41) is 2.14. The molecule has 0 spiro atoms. The van der Waals surface area contributed by atoms with E-state index in [2.05, 4.69) is 40.8 Å². The standard InChI is InChI=1S/C13H19BrN2S/c1-10(9-14)8-12-11(2)15-13(17-12)16-6-4-3-5-7-16/h8H,3-7,9H2,1-2H3. The van der Waals surface area contributed by atoms with E-state index in [1.807, 2.05) is 11.3 Å². The Morgan fingerprint density at radius 1 is 1.41 bits per heavy atom. The van der Waals surface area contributed by atoms with E-state index in [0.29, 0.717) is 0 Å². The maximum Gasteiger partial charge on any atom is 0.186 e. The van der Waals surface area contributed by atoms with Crippen LogP contribution in [-0.4, -0.2) is 23.4 Å². The van der Waals surface area contributed by atoms with Gasteiger partial charge in [-0.15, -0.1) is 0 Å². The lowest BCUT2D eigenvalue weighted by atomic mass is 10.1. The van der Waals surface area contributed by atoms with E-state index >= 15 is 0 Å². The van der Waals surface area contributed by atoms with Crippen LogP contribution in [0.15, 0.2) is 5.57 Å². The van der Waals surface area contributed by atoms with Crippen molar-refractivity contribution in [1.29, 1.82) is 0 Å². The van der Waals surface area contributed by atoms with Crippen LogP contribution < -0.4 is 4.90 Å². The van der Waals surface area contributed by atoms with Crippen LogP contribution in [0.4, 0.5) is 5.13 Å². The van der Waals surface area contributed by atoms with Crippen LogP contribution in [0.2, 0.25) is 0 Å². The SMILES string of the molecule is CC(=Cc1sc(N2CCCCC2)nc1C)CBr. The van der Waals surface area contributed by atoms with Gasteiger partial charge in [-0.2, -0.15) is 0 Å². The first kappa shape index (κ1) is 13.1. The summed E-state index contributed by atoms with van der Waals surface area (Å²) < 4.78 is 0. The van der Waals surface area contributed by atoms with Gasteiger partial charge in [-0.3, -0.25) is 0 Å². The Hall–Kier alpha value is -0.350. The third-order valence-corrected chi connectivity index (χ3v) is 5.09. The number of hydrogen-bond donors (Lipinski definition) is 0. The van der Waals surface area contributed by atoms with E-state index in [1.54, 1.807) is 0 Å². The molecule has 94 valence electrons. The number of allylic oxidation sites excluding steroid dienone is 1. The molecule has 0 saturated carbocycles. The highest BCUT2D eigenvalue weighted by Crippen LogP contribution is 2.29. The minimum Gasteiger partial charge on any atom is -0.348 e. The van der Waals surface area contributed by atoms with Gasteiger partial charge in [0.2, 0.25) is 0 Å². The number of alkyl halides is 1. The number of aromatic nitrogens is 1. The Bertz CT molecular complexity index is 406. The van der Waals surface area contributed by atoms with Gasteiger partial charge >= 0.3 is 0 Å². The maximum absolute atomic E-state index is 4.71. The fourth-order valence-electron chi connectivity index (χ4n) is 2.01. The molecule has 0 unspecified atom stereocenters. The molecule has 0 N–H and O–H groups in total. The molecule has 0 aromatic carbocycles. The lowest BCUT2D eigenvalue weighted by Crippen LogP contribution is -2.29. The Morgan fingerprint density at radius 3 is 2.76 bits per heavy atom. The first-order valence-corrected chi connectivity index (χ1v) is 8.10. The highest BCUT2D eigenvalue weighted by molar-refractivity contribution is 9.09. The summed E-state index contributed by atoms with van der Waals surface area (Å²) in [6, 6.07) is 0. The second kappa shape index (κ2) is 6.01. The van der Waals surface area contributed by atoms with Crippen LogP contribution in [0, 0.1) is 6.92 Å². The molecule has 1 aliphatic rings. The molecule has 0 radical (unpaired) electrons. The summed E-state index contributed by atoms with van der Waals surface area (Å²) in [4.78, 5) is 8.45. The Labute approximate surface area is 116 Å². The average molecular weight is 315 g/mol. The van der Waals surface area contributed by atoms with Crippen LogP contribution in [-0.2, 0) is 0 Å². The van der Waals surface area contributed by atoms with E-state index in [1.165, 1.54) is 47.9 Å². The summed E-state index contributed by atoms with van der Waals surface area (Å²) >= 11 is 5.31. The zero-order valence-corrected chi connectivity index (χ0v) is 12.9. The van der Waals surface area contributed by atoms with Gasteiger partial charge in [-0.05, 0) is 39.2 Å². The molecule has 2 heterocycles. The molecule has 0 amide bonds. The molecule has 0 atom stereocenters. The van der Waals surface area contributed by atoms with E-state index in [0.717, 1.165) is 11.0 Å². The normalized spacial score (nSPS) is 17.6. The Morgan fingerprint density at radius 2 is 2.12 bits per heavy atom. The molecule has 1 aromatic rings. The van der Waals surface area contributed by atoms with E-state index in [9.17, 15) is 0 Å². The van der Waals surface area contributed by atoms with Gasteiger partial charge in [0.05, 0.1) is 10.6 Å². The molecule has 1 aliphatic heterocycles. The Kier molecular flexibility index (Phi) is 4.62. The Balaban J connectivity index is 2.17. The highest BCUT2D eigenvalue weighted by Gasteiger charge is 2.15. The van der Waals surface area contributed by atoms with Crippen LogP contribution >= 0.6 is 27.3 Å². The van der Waals surface area contributed by atoms with Crippen LogP contribution in [0.5, 0.6) is 0 Å². The number of nitrogens with zero attached hydrogens (tertiary/aromatic N) is 2. The van der Waals surface area contributed by atoms with Gasteiger partial charge in [-0.1, -0.05) is 32.8 Å². The fraction of sp³-hybridized carbons (Fsp3) is 0.615. The summed E-state index contributed by atoms with van der Waals surface area (Å²) in [6.45, 7) is 6.60. The first-order valence-electron chi connectivity index (χ1n) is 6.16. The molecule has 2 nitrogen and oxygen atoms in total. The maximum atomic E-state index is 4.71. The van der Waals surface area contributed by atoms with Crippen molar-refractivity contribution >= 4 is 38.5 Å². The van der Waals surface area contributed by atoms with Crippen LogP contribution in [0.3, 0.4) is 0 Å². The molecular weight excluding hydrogens is 296 g/mol. The van der Waals surface area contributed by atoms with Gasteiger partial charge in [0.1, 0.15) is 0 Å². The number of piperidine rings is 1. The van der Waals surface area contributed by atoms with Gasteiger partial charge in [0.15, 0.2) is 5.13 Å². The molecule has 17 heavy (non-hydrogen) atoms. The largest absolute Gasteiger partial charge is 0.348 e. The number of anilines is 1. The fourth-order valence-corrected chi connectivity index (χ4v) is 3.32. The van der Waals surface area contributed by atoms with Gasteiger partial charge < -0.3 is 4.90 Å². The molecule has 2 rings (SSSR count). The third-order valence-electron chi connectivity index (χ3n) is 3.04. The molecule has 4 heteroatoms. The molecular formula is C13H19BrN2S. The number of halogens is 1. The van der Waals surface area contributed by atoms with Crippen molar-refractivity contribution in [3.63, 3.8) is 0 Å². The lowest BCUT2D eigenvalue weighted by molar-refractivity contribution is 0.576. The summed E-state index contributed by atoms with van der Waals surface area (Å²) in [6.07, 6.45) is 6.24. The molecule has 1 aromatic heterocycles. The number of aryl methyl sites for hydroxylation is 1. The summed E-state index contributed by atoms with van der Waals surface area (Å²) in [7, 11) is 0. The zero-order chi connectivity index (χ0) is 12.3. The van der Waals surface area contributed by atoms with E-state index in [-0.39, 0.29) is 0 Å². The van der Waals surface area contributed by atoms with Crippen LogP contribution in [0.1, 0.15) is 36.8 Å². The highest BCUT2D eigenvalue weighted by atomic mass is 79.9. The second-order valence-electron chi connectivity index (χ2n) is 4.62. The van der Waals surface area contributed by atoms with Crippen molar-refractivity contribution in [1.82, 2.24) is 4.98 Å². The first-order chi connectivity index (χ1) is 8.20. The predicted molar refractivity (Wildman–Crippen MR) is 80.4 cm³/mol. The molecule has 1 saturated heterocycles.